The highest BCUT2D eigenvalue weighted by Gasteiger charge is 2.14. The number of amides is 1. The Bertz CT molecular complexity index is 1280. The maximum absolute atomic E-state index is 13.2. The summed E-state index contributed by atoms with van der Waals surface area (Å²) < 4.78 is 6.71. The molecule has 0 aliphatic carbocycles. The maximum Gasteiger partial charge on any atom is 0.266 e. The second kappa shape index (κ2) is 9.59. The zero-order valence-electron chi connectivity index (χ0n) is 16.5. The number of methoxy groups -OCH3 is 1. The summed E-state index contributed by atoms with van der Waals surface area (Å²) in [5, 5.41) is 6.83. The van der Waals surface area contributed by atoms with Crippen LogP contribution in [0.25, 0.3) is 16.6 Å². The Morgan fingerprint density at radius 2 is 2.00 bits per heavy atom. The number of hydrazone groups is 1. The summed E-state index contributed by atoms with van der Waals surface area (Å²) in [6.45, 7) is 0. The molecule has 0 aliphatic rings. The Labute approximate surface area is 186 Å². The summed E-state index contributed by atoms with van der Waals surface area (Å²) in [6.07, 6.45) is 1.59. The molecule has 2 aromatic heterocycles. The monoisotopic (exact) mass is 450 g/mol. The molecule has 0 saturated carbocycles. The zero-order valence-corrected chi connectivity index (χ0v) is 18.2. The van der Waals surface area contributed by atoms with Gasteiger partial charge < -0.3 is 4.74 Å². The molecule has 0 saturated heterocycles. The number of rotatable bonds is 7. The Kier molecular flexibility index (Phi) is 6.44. The molecule has 0 aliphatic heterocycles. The standard InChI is InChI=1S/C22H18N4O3S2/c1-29-16-10-8-15(9-11-16)26-21(28)18-6-2-3-7-19(18)24-22(26)31-14-20(27)25-23-13-17-5-4-12-30-17/h2-13H,14H2,1H3,(H,25,27). The van der Waals surface area contributed by atoms with Gasteiger partial charge in [-0.15, -0.1) is 11.3 Å². The SMILES string of the molecule is COc1ccc(-n2c(SCC(=O)NN=Cc3cccs3)nc3ccccc3c2=O)cc1. The Hall–Kier alpha value is -3.43. The highest BCUT2D eigenvalue weighted by atomic mass is 32.2. The molecule has 0 atom stereocenters. The number of ether oxygens (including phenoxy) is 1. The van der Waals surface area contributed by atoms with Crippen LogP contribution in [-0.2, 0) is 4.79 Å². The molecule has 2 aromatic carbocycles. The van der Waals surface area contributed by atoms with E-state index in [9.17, 15) is 9.59 Å². The summed E-state index contributed by atoms with van der Waals surface area (Å²) in [7, 11) is 1.58. The second-order valence-electron chi connectivity index (χ2n) is 6.35. The number of hydrogen-bond donors (Lipinski definition) is 1. The Balaban J connectivity index is 1.61. The second-order valence-corrected chi connectivity index (χ2v) is 8.27. The average molecular weight is 451 g/mol. The molecule has 0 spiro atoms. The van der Waals surface area contributed by atoms with Crippen molar-refractivity contribution in [3.05, 3.63) is 81.3 Å². The van der Waals surface area contributed by atoms with E-state index in [1.807, 2.05) is 23.6 Å². The van der Waals surface area contributed by atoms with Gasteiger partial charge in [-0.25, -0.2) is 10.4 Å². The van der Waals surface area contributed by atoms with Gasteiger partial charge >= 0.3 is 0 Å². The average Bonchev–Trinajstić information content (AvgIpc) is 3.31. The smallest absolute Gasteiger partial charge is 0.266 e. The van der Waals surface area contributed by atoms with Crippen LogP contribution in [0.3, 0.4) is 0 Å². The summed E-state index contributed by atoms with van der Waals surface area (Å²) >= 11 is 2.70. The molecular weight excluding hydrogens is 432 g/mol. The van der Waals surface area contributed by atoms with Crippen LogP contribution in [-0.4, -0.2) is 34.5 Å². The van der Waals surface area contributed by atoms with Crippen LogP contribution >= 0.6 is 23.1 Å². The minimum absolute atomic E-state index is 0.0582. The first kappa shape index (κ1) is 20.8. The van der Waals surface area contributed by atoms with Gasteiger partial charge in [0.2, 0.25) is 0 Å². The highest BCUT2D eigenvalue weighted by Crippen LogP contribution is 2.22. The lowest BCUT2D eigenvalue weighted by molar-refractivity contribution is -0.118. The first-order chi connectivity index (χ1) is 15.2. The third kappa shape index (κ3) is 4.84. The van der Waals surface area contributed by atoms with E-state index in [2.05, 4.69) is 15.5 Å². The van der Waals surface area contributed by atoms with Crippen LogP contribution in [0.5, 0.6) is 5.75 Å². The van der Waals surface area contributed by atoms with Gasteiger partial charge in [0.1, 0.15) is 5.75 Å². The minimum Gasteiger partial charge on any atom is -0.497 e. The van der Waals surface area contributed by atoms with Crippen molar-refractivity contribution in [1.29, 1.82) is 0 Å². The lowest BCUT2D eigenvalue weighted by Crippen LogP contribution is -2.24. The van der Waals surface area contributed by atoms with Gasteiger partial charge in [0.25, 0.3) is 11.5 Å². The van der Waals surface area contributed by atoms with Crippen molar-refractivity contribution in [2.45, 2.75) is 5.16 Å². The molecule has 0 fully saturated rings. The van der Waals surface area contributed by atoms with Crippen molar-refractivity contribution >= 4 is 46.1 Å². The number of thioether (sulfide) groups is 1. The quantitative estimate of drug-likeness (QED) is 0.201. The largest absolute Gasteiger partial charge is 0.497 e. The van der Waals surface area contributed by atoms with Gasteiger partial charge in [0.05, 0.1) is 35.7 Å². The van der Waals surface area contributed by atoms with Gasteiger partial charge in [-0.1, -0.05) is 30.0 Å². The fraction of sp³-hybridized carbons (Fsp3) is 0.0909. The third-order valence-corrected chi connectivity index (χ3v) is 6.08. The molecule has 4 aromatic rings. The van der Waals surface area contributed by atoms with Crippen molar-refractivity contribution in [2.24, 2.45) is 5.10 Å². The molecule has 2 heterocycles. The van der Waals surface area contributed by atoms with E-state index in [0.29, 0.717) is 27.5 Å². The normalized spacial score (nSPS) is 11.1. The number of carbonyl (C=O) groups is 1. The van der Waals surface area contributed by atoms with E-state index in [1.54, 1.807) is 55.8 Å². The Morgan fingerprint density at radius 1 is 1.19 bits per heavy atom. The van der Waals surface area contributed by atoms with Crippen LogP contribution in [0.2, 0.25) is 0 Å². The first-order valence-electron chi connectivity index (χ1n) is 9.30. The Morgan fingerprint density at radius 3 is 2.74 bits per heavy atom. The predicted octanol–water partition coefficient (Wildman–Crippen LogP) is 3.70. The van der Waals surface area contributed by atoms with Crippen molar-refractivity contribution < 1.29 is 9.53 Å². The summed E-state index contributed by atoms with van der Waals surface area (Å²) in [5.41, 5.74) is 3.52. The molecule has 9 heteroatoms. The lowest BCUT2D eigenvalue weighted by atomic mass is 10.2. The van der Waals surface area contributed by atoms with Gasteiger partial charge in [-0.05, 0) is 47.8 Å². The first-order valence-corrected chi connectivity index (χ1v) is 11.2. The van der Waals surface area contributed by atoms with Gasteiger partial charge in [0.15, 0.2) is 5.16 Å². The number of hydrogen-bond acceptors (Lipinski definition) is 7. The van der Waals surface area contributed by atoms with Crippen molar-refractivity contribution in [3.8, 4) is 11.4 Å². The van der Waals surface area contributed by atoms with E-state index >= 15 is 0 Å². The minimum atomic E-state index is -0.290. The van der Waals surface area contributed by atoms with E-state index in [4.69, 9.17) is 4.74 Å². The zero-order chi connectivity index (χ0) is 21.6. The summed E-state index contributed by atoms with van der Waals surface area (Å²) in [6, 6.07) is 18.1. The molecule has 1 N–H and O–H groups in total. The molecular formula is C22H18N4O3S2. The number of benzene rings is 2. The fourth-order valence-electron chi connectivity index (χ4n) is 2.86. The predicted molar refractivity (Wildman–Crippen MR) is 125 cm³/mol. The molecule has 0 unspecified atom stereocenters. The number of aromatic nitrogens is 2. The molecule has 1 amide bonds. The number of para-hydroxylation sites is 1. The molecule has 31 heavy (non-hydrogen) atoms. The lowest BCUT2D eigenvalue weighted by Gasteiger charge is -2.13. The maximum atomic E-state index is 13.2. The third-order valence-electron chi connectivity index (χ3n) is 4.33. The van der Waals surface area contributed by atoms with Crippen molar-refractivity contribution in [3.63, 3.8) is 0 Å². The molecule has 156 valence electrons. The van der Waals surface area contributed by atoms with Crippen LogP contribution in [0.1, 0.15) is 4.88 Å². The van der Waals surface area contributed by atoms with Crippen molar-refractivity contribution in [2.75, 3.05) is 12.9 Å². The number of carbonyl (C=O) groups excluding carboxylic acids is 1. The number of nitrogens with zero attached hydrogens (tertiary/aromatic N) is 3. The summed E-state index contributed by atoms with van der Waals surface area (Å²) in [5.74, 6) is 0.451. The van der Waals surface area contributed by atoms with Gasteiger partial charge in [-0.2, -0.15) is 5.10 Å². The van der Waals surface area contributed by atoms with E-state index in [-0.39, 0.29) is 17.2 Å². The molecule has 4 rings (SSSR count). The molecule has 0 radical (unpaired) electrons. The van der Waals surface area contributed by atoms with E-state index in [0.717, 1.165) is 4.88 Å². The van der Waals surface area contributed by atoms with Crippen LogP contribution < -0.4 is 15.7 Å². The van der Waals surface area contributed by atoms with Crippen LogP contribution in [0.4, 0.5) is 0 Å². The number of nitrogens with one attached hydrogen (secondary N) is 1. The summed E-state index contributed by atoms with van der Waals surface area (Å²) in [4.78, 5) is 31.0. The fourth-order valence-corrected chi connectivity index (χ4v) is 4.25. The van der Waals surface area contributed by atoms with Crippen LogP contribution in [0, 0.1) is 0 Å². The van der Waals surface area contributed by atoms with Crippen LogP contribution in [0.15, 0.2) is 81.1 Å². The number of fused-ring (bicyclic) bond motifs is 1. The van der Waals surface area contributed by atoms with E-state index in [1.165, 1.54) is 27.7 Å². The molecule has 0 bridgehead atoms. The van der Waals surface area contributed by atoms with Gasteiger partial charge in [-0.3, -0.25) is 14.2 Å². The highest BCUT2D eigenvalue weighted by molar-refractivity contribution is 7.99. The molecule has 7 nitrogen and oxygen atoms in total. The number of thiophene rings is 1. The topological polar surface area (TPSA) is 85.6 Å². The van der Waals surface area contributed by atoms with Gasteiger partial charge in [0, 0.05) is 4.88 Å². The van der Waals surface area contributed by atoms with Crippen molar-refractivity contribution in [1.82, 2.24) is 15.0 Å². The van der Waals surface area contributed by atoms with E-state index < -0.39 is 0 Å².